The van der Waals surface area contributed by atoms with E-state index in [1.807, 2.05) is 19.2 Å². The van der Waals surface area contributed by atoms with Gasteiger partial charge >= 0.3 is 5.97 Å². The van der Waals surface area contributed by atoms with Gasteiger partial charge in [-0.15, -0.1) is 11.3 Å². The first-order chi connectivity index (χ1) is 7.02. The van der Waals surface area contributed by atoms with E-state index in [1.54, 1.807) is 12.1 Å². The number of carboxylic acids is 1. The zero-order chi connectivity index (χ0) is 11.4. The molecular formula is C11H14O3S. The van der Waals surface area contributed by atoms with Crippen LogP contribution in [0.25, 0.3) is 0 Å². The van der Waals surface area contributed by atoms with Crippen molar-refractivity contribution in [1.82, 2.24) is 0 Å². The molecule has 1 heterocycles. The highest BCUT2D eigenvalue weighted by Crippen LogP contribution is 2.23. The maximum Gasteiger partial charge on any atom is 0.304 e. The third-order valence-electron chi connectivity index (χ3n) is 2.30. The van der Waals surface area contributed by atoms with Gasteiger partial charge in [-0.05, 0) is 17.4 Å². The molecule has 1 aromatic rings. The van der Waals surface area contributed by atoms with Gasteiger partial charge in [0.15, 0.2) is 5.78 Å². The van der Waals surface area contributed by atoms with Crippen LogP contribution in [0.15, 0.2) is 17.5 Å². The fourth-order valence-corrected chi connectivity index (χ4v) is 2.15. The van der Waals surface area contributed by atoms with Gasteiger partial charge in [0.1, 0.15) is 0 Å². The number of hydrogen-bond donors (Lipinski definition) is 1. The summed E-state index contributed by atoms with van der Waals surface area (Å²) in [5, 5.41) is 10.6. The number of rotatable bonds is 5. The summed E-state index contributed by atoms with van der Waals surface area (Å²) < 4.78 is 0. The zero-order valence-electron chi connectivity index (χ0n) is 8.77. The van der Waals surface area contributed by atoms with Gasteiger partial charge in [-0.1, -0.05) is 19.9 Å². The highest BCUT2D eigenvalue weighted by Gasteiger charge is 2.26. The Morgan fingerprint density at radius 3 is 2.53 bits per heavy atom. The highest BCUT2D eigenvalue weighted by atomic mass is 32.1. The highest BCUT2D eigenvalue weighted by molar-refractivity contribution is 7.12. The maximum absolute atomic E-state index is 11.9. The Hall–Kier alpha value is -1.16. The molecule has 15 heavy (non-hydrogen) atoms. The van der Waals surface area contributed by atoms with Crippen LogP contribution >= 0.6 is 11.3 Å². The predicted octanol–water partition coefficient (Wildman–Crippen LogP) is 2.68. The Morgan fingerprint density at radius 2 is 2.13 bits per heavy atom. The molecule has 0 fully saturated rings. The van der Waals surface area contributed by atoms with Crippen LogP contribution in [0.4, 0.5) is 0 Å². The molecule has 0 amide bonds. The molecule has 1 N–H and O–H groups in total. The second-order valence-corrected chi connectivity index (χ2v) is 4.74. The number of Topliss-reactive ketones (excluding diaryl/α,β-unsaturated/α-hetero) is 1. The van der Waals surface area contributed by atoms with Gasteiger partial charge in [0.25, 0.3) is 0 Å². The lowest BCUT2D eigenvalue weighted by atomic mass is 9.88. The lowest BCUT2D eigenvalue weighted by Gasteiger charge is -2.16. The molecule has 0 aliphatic carbocycles. The van der Waals surface area contributed by atoms with Gasteiger partial charge < -0.3 is 5.11 Å². The van der Waals surface area contributed by atoms with E-state index in [1.165, 1.54) is 11.3 Å². The Labute approximate surface area is 92.7 Å². The number of carbonyl (C=O) groups is 2. The normalized spacial score (nSPS) is 12.7. The molecule has 0 radical (unpaired) electrons. The Balaban J connectivity index is 2.81. The van der Waals surface area contributed by atoms with Crippen molar-refractivity contribution in [1.29, 1.82) is 0 Å². The van der Waals surface area contributed by atoms with E-state index in [-0.39, 0.29) is 18.1 Å². The van der Waals surface area contributed by atoms with Gasteiger partial charge in [-0.25, -0.2) is 0 Å². The summed E-state index contributed by atoms with van der Waals surface area (Å²) >= 11 is 1.36. The third kappa shape index (κ3) is 3.16. The van der Waals surface area contributed by atoms with Gasteiger partial charge in [0, 0.05) is 5.92 Å². The van der Waals surface area contributed by atoms with Crippen LogP contribution in [-0.2, 0) is 4.79 Å². The average Bonchev–Trinajstić information content (AvgIpc) is 2.65. The second kappa shape index (κ2) is 5.07. The van der Waals surface area contributed by atoms with Crippen LogP contribution in [0.5, 0.6) is 0 Å². The van der Waals surface area contributed by atoms with Gasteiger partial charge in [0.2, 0.25) is 0 Å². The molecule has 0 aromatic carbocycles. The van der Waals surface area contributed by atoms with Crippen LogP contribution in [-0.4, -0.2) is 16.9 Å². The zero-order valence-corrected chi connectivity index (χ0v) is 9.58. The summed E-state index contributed by atoms with van der Waals surface area (Å²) in [5.74, 6) is -1.34. The maximum atomic E-state index is 11.9. The van der Waals surface area contributed by atoms with E-state index in [0.29, 0.717) is 4.88 Å². The van der Waals surface area contributed by atoms with Gasteiger partial charge in [0.05, 0.1) is 11.3 Å². The summed E-state index contributed by atoms with van der Waals surface area (Å²) in [6.07, 6.45) is -0.0889. The fraction of sp³-hybridized carbons (Fsp3) is 0.455. The van der Waals surface area contributed by atoms with Crippen LogP contribution in [0.2, 0.25) is 0 Å². The van der Waals surface area contributed by atoms with Crippen molar-refractivity contribution >= 4 is 23.1 Å². The Kier molecular flexibility index (Phi) is 4.03. The summed E-state index contributed by atoms with van der Waals surface area (Å²) in [6, 6.07) is 3.54. The smallest absolute Gasteiger partial charge is 0.304 e. The van der Waals surface area contributed by atoms with Crippen molar-refractivity contribution in [2.75, 3.05) is 0 Å². The van der Waals surface area contributed by atoms with E-state index in [0.717, 1.165) is 0 Å². The Bertz CT molecular complexity index is 341. The van der Waals surface area contributed by atoms with Crippen molar-refractivity contribution in [3.8, 4) is 0 Å². The number of ketones is 1. The van der Waals surface area contributed by atoms with E-state index in [4.69, 9.17) is 5.11 Å². The molecule has 1 atom stereocenters. The van der Waals surface area contributed by atoms with Crippen molar-refractivity contribution in [3.05, 3.63) is 22.4 Å². The van der Waals surface area contributed by atoms with Crippen molar-refractivity contribution in [3.63, 3.8) is 0 Å². The van der Waals surface area contributed by atoms with Gasteiger partial charge in [-0.3, -0.25) is 9.59 Å². The lowest BCUT2D eigenvalue weighted by Crippen LogP contribution is -2.22. The minimum Gasteiger partial charge on any atom is -0.481 e. The average molecular weight is 226 g/mol. The standard InChI is InChI=1S/C11H14O3S/c1-7(2)8(6-10(12)13)11(14)9-4-3-5-15-9/h3-5,7-8H,6H2,1-2H3,(H,12,13). The monoisotopic (exact) mass is 226 g/mol. The largest absolute Gasteiger partial charge is 0.481 e. The van der Waals surface area contributed by atoms with Crippen molar-refractivity contribution in [2.45, 2.75) is 20.3 Å². The first-order valence-electron chi connectivity index (χ1n) is 4.82. The molecule has 0 saturated heterocycles. The molecule has 0 spiro atoms. The molecule has 1 unspecified atom stereocenters. The predicted molar refractivity (Wildman–Crippen MR) is 59.2 cm³/mol. The van der Waals surface area contributed by atoms with E-state index in [2.05, 4.69) is 0 Å². The van der Waals surface area contributed by atoms with Crippen LogP contribution < -0.4 is 0 Å². The minimum absolute atomic E-state index is 0.0516. The second-order valence-electron chi connectivity index (χ2n) is 3.79. The van der Waals surface area contributed by atoms with Gasteiger partial charge in [-0.2, -0.15) is 0 Å². The number of hydrogen-bond acceptors (Lipinski definition) is 3. The molecular weight excluding hydrogens is 212 g/mol. The van der Waals surface area contributed by atoms with Crippen molar-refractivity contribution < 1.29 is 14.7 Å². The minimum atomic E-state index is -0.918. The van der Waals surface area contributed by atoms with E-state index in [9.17, 15) is 9.59 Å². The third-order valence-corrected chi connectivity index (χ3v) is 3.18. The quantitative estimate of drug-likeness (QED) is 0.785. The first-order valence-corrected chi connectivity index (χ1v) is 5.70. The molecule has 4 heteroatoms. The summed E-state index contributed by atoms with van der Waals surface area (Å²) in [6.45, 7) is 3.75. The summed E-state index contributed by atoms with van der Waals surface area (Å²) in [4.78, 5) is 23.2. The molecule has 0 aliphatic heterocycles. The topological polar surface area (TPSA) is 54.4 Å². The summed E-state index contributed by atoms with van der Waals surface area (Å²) in [5.41, 5.74) is 0. The number of aliphatic carboxylic acids is 1. The molecule has 0 saturated carbocycles. The SMILES string of the molecule is CC(C)C(CC(=O)O)C(=O)c1cccs1. The van der Waals surface area contributed by atoms with Crippen LogP contribution in [0, 0.1) is 11.8 Å². The lowest BCUT2D eigenvalue weighted by molar-refractivity contribution is -0.138. The van der Waals surface area contributed by atoms with Crippen LogP contribution in [0.3, 0.4) is 0 Å². The Morgan fingerprint density at radius 1 is 1.47 bits per heavy atom. The number of thiophene rings is 1. The van der Waals surface area contributed by atoms with Crippen molar-refractivity contribution in [2.24, 2.45) is 11.8 Å². The summed E-state index contributed by atoms with van der Waals surface area (Å²) in [7, 11) is 0. The van der Waals surface area contributed by atoms with E-state index >= 15 is 0 Å². The molecule has 0 bridgehead atoms. The molecule has 1 rings (SSSR count). The van der Waals surface area contributed by atoms with E-state index < -0.39 is 11.9 Å². The molecule has 0 aliphatic rings. The fourth-order valence-electron chi connectivity index (χ4n) is 1.42. The molecule has 82 valence electrons. The first kappa shape index (κ1) is 11.9. The number of carbonyl (C=O) groups excluding carboxylic acids is 1. The van der Waals surface area contributed by atoms with Crippen LogP contribution in [0.1, 0.15) is 29.9 Å². The molecule has 3 nitrogen and oxygen atoms in total. The number of carboxylic acid groups (broad SMARTS) is 1. The molecule has 1 aromatic heterocycles.